The van der Waals surface area contributed by atoms with Crippen molar-refractivity contribution >= 4 is 29.3 Å². The number of hydrogen-bond acceptors (Lipinski definition) is 5. The summed E-state index contributed by atoms with van der Waals surface area (Å²) in [6.07, 6.45) is 4.62. The van der Waals surface area contributed by atoms with Gasteiger partial charge < -0.3 is 24.8 Å². The number of unbranched alkanes of at least 4 members (excludes halogenated alkanes) is 1. The van der Waals surface area contributed by atoms with Crippen molar-refractivity contribution < 1.29 is 23.8 Å². The third-order valence-electron chi connectivity index (χ3n) is 4.55. The molecule has 0 unspecified atom stereocenters. The number of fused-ring (bicyclic) bond motifs is 1. The Balaban J connectivity index is 1.63. The van der Waals surface area contributed by atoms with Crippen LogP contribution >= 0.6 is 0 Å². The van der Waals surface area contributed by atoms with Gasteiger partial charge in [-0.1, -0.05) is 19.4 Å². The SMILES string of the molecule is CCCCOc1ccc(/C=C/C(=O)Nc2ccc3c(c2)NC(=O)[C@@H](C)O3)cc1OC. The van der Waals surface area contributed by atoms with E-state index in [0.717, 1.165) is 18.4 Å². The van der Waals surface area contributed by atoms with Crippen LogP contribution < -0.4 is 24.8 Å². The van der Waals surface area contributed by atoms with Crippen LogP contribution in [0.3, 0.4) is 0 Å². The number of carbonyl (C=O) groups excluding carboxylic acids is 2. The van der Waals surface area contributed by atoms with Gasteiger partial charge in [0.1, 0.15) is 5.75 Å². The molecule has 0 aromatic heterocycles. The van der Waals surface area contributed by atoms with E-state index in [1.165, 1.54) is 6.08 Å². The van der Waals surface area contributed by atoms with Gasteiger partial charge in [-0.2, -0.15) is 0 Å². The second-order valence-corrected chi connectivity index (χ2v) is 6.90. The normalized spacial score (nSPS) is 15.2. The van der Waals surface area contributed by atoms with E-state index < -0.39 is 6.10 Å². The summed E-state index contributed by atoms with van der Waals surface area (Å²) in [5, 5.41) is 5.53. The number of carbonyl (C=O) groups is 2. The highest BCUT2D eigenvalue weighted by Gasteiger charge is 2.23. The minimum absolute atomic E-state index is 0.220. The Hall–Kier alpha value is -3.48. The largest absolute Gasteiger partial charge is 0.493 e. The molecule has 0 saturated carbocycles. The zero-order valence-electron chi connectivity index (χ0n) is 17.4. The molecule has 1 aliphatic rings. The Bertz CT molecular complexity index is 955. The number of amides is 2. The molecule has 3 rings (SSSR count). The van der Waals surface area contributed by atoms with Gasteiger partial charge in [0, 0.05) is 11.8 Å². The van der Waals surface area contributed by atoms with E-state index in [-0.39, 0.29) is 11.8 Å². The number of ether oxygens (including phenoxy) is 3. The zero-order chi connectivity index (χ0) is 21.5. The fourth-order valence-corrected chi connectivity index (χ4v) is 2.88. The van der Waals surface area contributed by atoms with E-state index in [0.29, 0.717) is 35.2 Å². The summed E-state index contributed by atoms with van der Waals surface area (Å²) in [6.45, 7) is 4.42. The van der Waals surface area contributed by atoms with Crippen molar-refractivity contribution in [3.8, 4) is 17.2 Å². The van der Waals surface area contributed by atoms with E-state index in [9.17, 15) is 9.59 Å². The molecule has 2 aromatic rings. The summed E-state index contributed by atoms with van der Waals surface area (Å²) in [6, 6.07) is 10.6. The van der Waals surface area contributed by atoms with Crippen molar-refractivity contribution in [1.82, 2.24) is 0 Å². The predicted octanol–water partition coefficient (Wildman–Crippen LogP) is 4.25. The van der Waals surface area contributed by atoms with Crippen LogP contribution in [0.1, 0.15) is 32.3 Å². The maximum absolute atomic E-state index is 12.3. The fourth-order valence-electron chi connectivity index (χ4n) is 2.88. The highest BCUT2D eigenvalue weighted by Crippen LogP contribution is 2.32. The first-order valence-corrected chi connectivity index (χ1v) is 9.91. The molecule has 2 amide bonds. The van der Waals surface area contributed by atoms with Crippen LogP contribution in [0.25, 0.3) is 6.08 Å². The van der Waals surface area contributed by atoms with Gasteiger partial charge in [0.25, 0.3) is 5.91 Å². The maximum Gasteiger partial charge on any atom is 0.265 e. The minimum atomic E-state index is -0.540. The summed E-state index contributed by atoms with van der Waals surface area (Å²) in [4.78, 5) is 24.0. The van der Waals surface area contributed by atoms with Crippen molar-refractivity contribution in [1.29, 1.82) is 0 Å². The van der Waals surface area contributed by atoms with Crippen LogP contribution in [-0.4, -0.2) is 31.6 Å². The van der Waals surface area contributed by atoms with Crippen molar-refractivity contribution in [2.75, 3.05) is 24.4 Å². The lowest BCUT2D eigenvalue weighted by atomic mass is 10.2. The molecule has 0 saturated heterocycles. The molecule has 1 atom stereocenters. The Kier molecular flexibility index (Phi) is 6.95. The Morgan fingerprint density at radius 1 is 1.23 bits per heavy atom. The molecule has 158 valence electrons. The monoisotopic (exact) mass is 410 g/mol. The molecular weight excluding hydrogens is 384 g/mol. The number of methoxy groups -OCH3 is 1. The Labute approximate surface area is 176 Å². The van der Waals surface area contributed by atoms with Crippen LogP contribution in [0.4, 0.5) is 11.4 Å². The summed E-state index contributed by atoms with van der Waals surface area (Å²) in [5.74, 6) is 1.35. The number of hydrogen-bond donors (Lipinski definition) is 2. The van der Waals surface area contributed by atoms with Crippen molar-refractivity contribution in [2.45, 2.75) is 32.8 Å². The molecule has 7 nitrogen and oxygen atoms in total. The van der Waals surface area contributed by atoms with Gasteiger partial charge in [0.15, 0.2) is 17.6 Å². The van der Waals surface area contributed by atoms with Gasteiger partial charge in [-0.25, -0.2) is 0 Å². The molecule has 2 N–H and O–H groups in total. The quantitative estimate of drug-likeness (QED) is 0.502. The predicted molar refractivity (Wildman–Crippen MR) is 116 cm³/mol. The molecule has 0 fully saturated rings. The fraction of sp³-hybridized carbons (Fsp3) is 0.304. The molecular formula is C23H26N2O5. The van der Waals surface area contributed by atoms with Gasteiger partial charge in [-0.05, 0) is 55.3 Å². The molecule has 0 aliphatic carbocycles. The smallest absolute Gasteiger partial charge is 0.265 e. The standard InChI is InChI=1S/C23H26N2O5/c1-4-5-12-29-20-9-6-16(13-21(20)28-3)7-11-22(26)24-17-8-10-19-18(14-17)25-23(27)15(2)30-19/h6-11,13-15H,4-5,12H2,1-3H3,(H,24,26)(H,25,27)/b11-7+/t15-/m1/s1. The maximum atomic E-state index is 12.3. The topological polar surface area (TPSA) is 85.9 Å². The van der Waals surface area contributed by atoms with Crippen LogP contribution in [0.2, 0.25) is 0 Å². The number of anilines is 2. The van der Waals surface area contributed by atoms with Gasteiger partial charge in [-0.3, -0.25) is 9.59 Å². The molecule has 7 heteroatoms. The lowest BCUT2D eigenvalue weighted by molar-refractivity contribution is -0.122. The summed E-state index contributed by atoms with van der Waals surface area (Å²) >= 11 is 0. The third kappa shape index (κ3) is 5.31. The second kappa shape index (κ2) is 9.82. The Morgan fingerprint density at radius 3 is 2.83 bits per heavy atom. The van der Waals surface area contributed by atoms with E-state index in [1.54, 1.807) is 38.3 Å². The summed E-state index contributed by atoms with van der Waals surface area (Å²) in [7, 11) is 1.58. The first-order chi connectivity index (χ1) is 14.5. The van der Waals surface area contributed by atoms with Crippen LogP contribution in [0.5, 0.6) is 17.2 Å². The summed E-state index contributed by atoms with van der Waals surface area (Å²) < 4.78 is 16.6. The highest BCUT2D eigenvalue weighted by molar-refractivity contribution is 6.03. The second-order valence-electron chi connectivity index (χ2n) is 6.90. The van der Waals surface area contributed by atoms with Crippen molar-refractivity contribution in [3.05, 3.63) is 48.0 Å². The molecule has 0 radical (unpaired) electrons. The molecule has 0 spiro atoms. The van der Waals surface area contributed by atoms with Crippen molar-refractivity contribution in [2.24, 2.45) is 0 Å². The van der Waals surface area contributed by atoms with Crippen LogP contribution in [0.15, 0.2) is 42.5 Å². The van der Waals surface area contributed by atoms with Crippen LogP contribution in [0, 0.1) is 0 Å². The van der Waals surface area contributed by atoms with Crippen LogP contribution in [-0.2, 0) is 9.59 Å². The number of benzene rings is 2. The van der Waals surface area contributed by atoms with E-state index in [1.807, 2.05) is 18.2 Å². The molecule has 2 aromatic carbocycles. The third-order valence-corrected chi connectivity index (χ3v) is 4.55. The first-order valence-electron chi connectivity index (χ1n) is 9.91. The molecule has 0 bridgehead atoms. The molecule has 30 heavy (non-hydrogen) atoms. The number of rotatable bonds is 8. The average Bonchev–Trinajstić information content (AvgIpc) is 2.74. The van der Waals surface area contributed by atoms with E-state index in [2.05, 4.69) is 17.6 Å². The zero-order valence-corrected chi connectivity index (χ0v) is 17.4. The lowest BCUT2D eigenvalue weighted by Gasteiger charge is -2.23. The van der Waals surface area contributed by atoms with Gasteiger partial charge in [0.05, 0.1) is 19.4 Å². The van der Waals surface area contributed by atoms with Gasteiger partial charge in [0.2, 0.25) is 5.91 Å². The first kappa shape index (κ1) is 21.2. The van der Waals surface area contributed by atoms with E-state index >= 15 is 0 Å². The number of nitrogens with one attached hydrogen (secondary N) is 2. The summed E-state index contributed by atoms with van der Waals surface area (Å²) in [5.41, 5.74) is 1.90. The van der Waals surface area contributed by atoms with Gasteiger partial charge in [-0.15, -0.1) is 0 Å². The molecule has 1 heterocycles. The minimum Gasteiger partial charge on any atom is -0.493 e. The highest BCUT2D eigenvalue weighted by atomic mass is 16.5. The van der Waals surface area contributed by atoms with E-state index in [4.69, 9.17) is 14.2 Å². The van der Waals surface area contributed by atoms with Crippen molar-refractivity contribution in [3.63, 3.8) is 0 Å². The average molecular weight is 410 g/mol. The Morgan fingerprint density at radius 2 is 2.07 bits per heavy atom. The molecule has 1 aliphatic heterocycles. The van der Waals surface area contributed by atoms with Gasteiger partial charge >= 0.3 is 0 Å². The lowest BCUT2D eigenvalue weighted by Crippen LogP contribution is -2.34.